The predicted molar refractivity (Wildman–Crippen MR) is 118 cm³/mol. The van der Waals surface area contributed by atoms with Gasteiger partial charge >= 0.3 is 6.18 Å². The van der Waals surface area contributed by atoms with Crippen LogP contribution in [0.15, 0.2) is 42.5 Å². The SMILES string of the molecule is CCCc1ccc(OCCNC(=O)CN(c2ccc(Cl)c(C(F)(F)F)c2)S(C)(=O)=O)cc1. The first kappa shape index (κ1) is 25.8. The summed E-state index contributed by atoms with van der Waals surface area (Å²) in [6.07, 6.45) is -1.98. The van der Waals surface area contributed by atoms with Gasteiger partial charge in [-0.2, -0.15) is 13.2 Å². The van der Waals surface area contributed by atoms with Crippen molar-refractivity contribution in [2.24, 2.45) is 0 Å². The molecule has 0 aliphatic carbocycles. The summed E-state index contributed by atoms with van der Waals surface area (Å²) in [6, 6.07) is 10.2. The normalized spacial score (nSPS) is 11.8. The Morgan fingerprint density at radius 2 is 1.81 bits per heavy atom. The molecule has 2 aromatic rings. The Labute approximate surface area is 190 Å². The van der Waals surface area contributed by atoms with Gasteiger partial charge in [-0.1, -0.05) is 37.1 Å². The fourth-order valence-corrected chi connectivity index (χ4v) is 3.95. The molecular weight excluding hydrogens is 469 g/mol. The molecule has 0 aromatic heterocycles. The minimum atomic E-state index is -4.77. The molecule has 0 atom stereocenters. The lowest BCUT2D eigenvalue weighted by atomic mass is 10.1. The fourth-order valence-electron chi connectivity index (χ4n) is 2.87. The number of sulfonamides is 1. The first-order chi connectivity index (χ1) is 14.9. The molecule has 0 fully saturated rings. The third-order valence-corrected chi connectivity index (χ3v) is 5.86. The molecule has 0 aliphatic heterocycles. The van der Waals surface area contributed by atoms with Crippen LogP contribution in [-0.2, 0) is 27.4 Å². The number of amides is 1. The van der Waals surface area contributed by atoms with Crippen LogP contribution in [0.5, 0.6) is 5.75 Å². The van der Waals surface area contributed by atoms with Crippen molar-refractivity contribution in [3.63, 3.8) is 0 Å². The maximum absolute atomic E-state index is 13.1. The van der Waals surface area contributed by atoms with Gasteiger partial charge in [-0.15, -0.1) is 0 Å². The van der Waals surface area contributed by atoms with E-state index in [0.29, 0.717) is 16.1 Å². The summed E-state index contributed by atoms with van der Waals surface area (Å²) in [5, 5.41) is 1.92. The molecule has 0 saturated heterocycles. The summed E-state index contributed by atoms with van der Waals surface area (Å²) < 4.78 is 69.7. The van der Waals surface area contributed by atoms with Gasteiger partial charge in [0.25, 0.3) is 0 Å². The summed E-state index contributed by atoms with van der Waals surface area (Å²) in [5.41, 5.74) is -0.322. The van der Waals surface area contributed by atoms with E-state index >= 15 is 0 Å². The van der Waals surface area contributed by atoms with Crippen LogP contribution in [0.1, 0.15) is 24.5 Å². The van der Waals surface area contributed by atoms with Crippen LogP contribution in [0.4, 0.5) is 18.9 Å². The summed E-state index contributed by atoms with van der Waals surface area (Å²) >= 11 is 5.58. The lowest BCUT2D eigenvalue weighted by Crippen LogP contribution is -2.41. The molecule has 0 radical (unpaired) electrons. The van der Waals surface area contributed by atoms with E-state index in [-0.39, 0.29) is 18.8 Å². The molecule has 2 rings (SSSR count). The Kier molecular flexibility index (Phi) is 8.80. The zero-order valence-electron chi connectivity index (χ0n) is 17.6. The lowest BCUT2D eigenvalue weighted by molar-refractivity contribution is -0.137. The fraction of sp³-hybridized carbons (Fsp3) is 0.381. The van der Waals surface area contributed by atoms with Gasteiger partial charge in [0.1, 0.15) is 18.9 Å². The molecule has 0 saturated carbocycles. The van der Waals surface area contributed by atoms with Gasteiger partial charge in [-0.3, -0.25) is 9.10 Å². The quantitative estimate of drug-likeness (QED) is 0.502. The predicted octanol–water partition coefficient (Wildman–Crippen LogP) is 4.27. The number of nitrogens with one attached hydrogen (secondary N) is 1. The Morgan fingerprint density at radius 3 is 2.38 bits per heavy atom. The second-order valence-corrected chi connectivity index (χ2v) is 9.34. The smallest absolute Gasteiger partial charge is 0.417 e. The number of aryl methyl sites for hydroxylation is 1. The summed E-state index contributed by atoms with van der Waals surface area (Å²) in [6.45, 7) is 1.61. The number of hydrogen-bond donors (Lipinski definition) is 1. The molecule has 176 valence electrons. The number of alkyl halides is 3. The van der Waals surface area contributed by atoms with Gasteiger partial charge in [0, 0.05) is 0 Å². The standard InChI is InChI=1S/C21H24ClF3N2O4S/c1-3-4-15-5-8-17(9-6-15)31-12-11-26-20(28)14-27(32(2,29)30)16-7-10-19(22)18(13-16)21(23,24)25/h5-10,13H,3-4,11-12,14H2,1-2H3,(H,26,28). The average Bonchev–Trinajstić information content (AvgIpc) is 2.70. The number of halogens is 4. The van der Waals surface area contributed by atoms with Crippen molar-refractivity contribution in [3.8, 4) is 5.75 Å². The van der Waals surface area contributed by atoms with E-state index in [1.807, 2.05) is 24.3 Å². The number of hydrogen-bond acceptors (Lipinski definition) is 4. The molecule has 6 nitrogen and oxygen atoms in total. The number of benzene rings is 2. The van der Waals surface area contributed by atoms with Gasteiger partial charge in [0.05, 0.1) is 29.1 Å². The number of anilines is 1. The zero-order chi connectivity index (χ0) is 23.9. The van der Waals surface area contributed by atoms with E-state index in [0.717, 1.165) is 31.2 Å². The van der Waals surface area contributed by atoms with Crippen LogP contribution in [0.25, 0.3) is 0 Å². The highest BCUT2D eigenvalue weighted by atomic mass is 35.5. The first-order valence-corrected chi connectivity index (χ1v) is 12.0. The van der Waals surface area contributed by atoms with Crippen molar-refractivity contribution in [2.75, 3.05) is 30.3 Å². The third kappa shape index (κ3) is 7.59. The molecule has 0 bridgehead atoms. The minimum absolute atomic E-state index is 0.0849. The Hall–Kier alpha value is -2.46. The number of carbonyl (C=O) groups is 1. The Bertz CT molecular complexity index is 1030. The zero-order valence-corrected chi connectivity index (χ0v) is 19.1. The van der Waals surface area contributed by atoms with Crippen LogP contribution < -0.4 is 14.4 Å². The van der Waals surface area contributed by atoms with E-state index in [4.69, 9.17) is 16.3 Å². The summed E-state index contributed by atoms with van der Waals surface area (Å²) in [7, 11) is -4.04. The van der Waals surface area contributed by atoms with Gasteiger partial charge in [-0.25, -0.2) is 8.42 Å². The molecule has 0 heterocycles. The van der Waals surface area contributed by atoms with Crippen LogP contribution >= 0.6 is 11.6 Å². The van der Waals surface area contributed by atoms with Crippen molar-refractivity contribution in [1.29, 1.82) is 0 Å². The molecule has 0 aliphatic rings. The van der Waals surface area contributed by atoms with Gasteiger partial charge in [0.15, 0.2) is 0 Å². The van der Waals surface area contributed by atoms with Crippen molar-refractivity contribution >= 4 is 33.2 Å². The lowest BCUT2D eigenvalue weighted by Gasteiger charge is -2.23. The van der Waals surface area contributed by atoms with Gasteiger partial charge in [0.2, 0.25) is 15.9 Å². The van der Waals surface area contributed by atoms with Gasteiger partial charge < -0.3 is 10.1 Å². The maximum atomic E-state index is 13.1. The average molecular weight is 493 g/mol. The van der Waals surface area contributed by atoms with Crippen LogP contribution in [0, 0.1) is 0 Å². The van der Waals surface area contributed by atoms with Crippen molar-refractivity contribution in [3.05, 3.63) is 58.6 Å². The molecule has 1 amide bonds. The highest BCUT2D eigenvalue weighted by molar-refractivity contribution is 7.92. The molecule has 1 N–H and O–H groups in total. The topological polar surface area (TPSA) is 75.7 Å². The maximum Gasteiger partial charge on any atom is 0.417 e. The second kappa shape index (κ2) is 10.9. The van der Waals surface area contributed by atoms with Crippen molar-refractivity contribution in [2.45, 2.75) is 25.9 Å². The number of nitrogens with zero attached hydrogens (tertiary/aromatic N) is 1. The molecule has 11 heteroatoms. The van der Waals surface area contributed by atoms with E-state index in [9.17, 15) is 26.4 Å². The van der Waals surface area contributed by atoms with Crippen LogP contribution in [-0.4, -0.2) is 40.3 Å². The largest absolute Gasteiger partial charge is 0.492 e. The molecule has 0 spiro atoms. The summed E-state index contributed by atoms with van der Waals surface area (Å²) in [5.74, 6) is -0.0708. The van der Waals surface area contributed by atoms with Crippen LogP contribution in [0.2, 0.25) is 5.02 Å². The van der Waals surface area contributed by atoms with E-state index < -0.39 is 39.2 Å². The molecule has 2 aromatic carbocycles. The molecular formula is C21H24ClF3N2O4S. The van der Waals surface area contributed by atoms with Gasteiger partial charge in [-0.05, 0) is 42.3 Å². The third-order valence-electron chi connectivity index (χ3n) is 4.39. The van der Waals surface area contributed by atoms with E-state index in [2.05, 4.69) is 12.2 Å². The number of carbonyl (C=O) groups excluding carboxylic acids is 1. The number of ether oxygens (including phenoxy) is 1. The Morgan fingerprint density at radius 1 is 1.16 bits per heavy atom. The highest BCUT2D eigenvalue weighted by Gasteiger charge is 2.34. The highest BCUT2D eigenvalue weighted by Crippen LogP contribution is 2.37. The number of rotatable bonds is 10. The second-order valence-electron chi connectivity index (χ2n) is 7.02. The van der Waals surface area contributed by atoms with E-state index in [1.165, 1.54) is 5.56 Å². The summed E-state index contributed by atoms with van der Waals surface area (Å²) in [4.78, 5) is 12.2. The Balaban J connectivity index is 1.98. The van der Waals surface area contributed by atoms with Crippen molar-refractivity contribution in [1.82, 2.24) is 5.32 Å². The van der Waals surface area contributed by atoms with Crippen LogP contribution in [0.3, 0.4) is 0 Å². The molecule has 32 heavy (non-hydrogen) atoms. The monoisotopic (exact) mass is 492 g/mol. The first-order valence-electron chi connectivity index (χ1n) is 9.74. The van der Waals surface area contributed by atoms with E-state index in [1.54, 1.807) is 0 Å². The molecule has 0 unspecified atom stereocenters. The van der Waals surface area contributed by atoms with Crippen molar-refractivity contribution < 1.29 is 31.1 Å². The minimum Gasteiger partial charge on any atom is -0.492 e.